The lowest BCUT2D eigenvalue weighted by atomic mass is 9.93. The van der Waals surface area contributed by atoms with Gasteiger partial charge in [0.1, 0.15) is 11.6 Å². The van der Waals surface area contributed by atoms with Crippen molar-refractivity contribution in [1.82, 2.24) is 20.1 Å². The maximum Gasteiger partial charge on any atom is 0.253 e. The molecule has 1 N–H and O–H groups in total. The van der Waals surface area contributed by atoms with Gasteiger partial charge >= 0.3 is 0 Å². The van der Waals surface area contributed by atoms with E-state index in [0.29, 0.717) is 5.92 Å². The van der Waals surface area contributed by atoms with Crippen LogP contribution in [0.4, 0.5) is 0 Å². The van der Waals surface area contributed by atoms with E-state index in [9.17, 15) is 4.79 Å². The summed E-state index contributed by atoms with van der Waals surface area (Å²) in [6.45, 7) is 3.71. The largest absolute Gasteiger partial charge is 0.339 e. The topological polar surface area (TPSA) is 61.9 Å². The van der Waals surface area contributed by atoms with Gasteiger partial charge in [0.25, 0.3) is 5.91 Å². The Morgan fingerprint density at radius 2 is 2.00 bits per heavy atom. The Hall–Kier alpha value is -2.17. The monoisotopic (exact) mass is 298 g/mol. The van der Waals surface area contributed by atoms with Gasteiger partial charge in [-0.15, -0.1) is 0 Å². The third-order valence-corrected chi connectivity index (χ3v) is 4.30. The fraction of sp³-hybridized carbons (Fsp3) is 0.471. The lowest BCUT2D eigenvalue weighted by Crippen LogP contribution is -2.38. The van der Waals surface area contributed by atoms with Gasteiger partial charge in [-0.05, 0) is 30.9 Å². The van der Waals surface area contributed by atoms with E-state index in [1.54, 1.807) is 0 Å². The summed E-state index contributed by atoms with van der Waals surface area (Å²) in [5.74, 6) is 2.58. The van der Waals surface area contributed by atoms with Crippen molar-refractivity contribution < 1.29 is 4.79 Å². The highest BCUT2D eigenvalue weighted by Gasteiger charge is 2.24. The number of nitrogens with one attached hydrogen (secondary N) is 1. The number of piperidine rings is 1. The van der Waals surface area contributed by atoms with Crippen LogP contribution in [0.3, 0.4) is 0 Å². The normalized spacial score (nSPS) is 16.0. The molecule has 0 bridgehead atoms. The van der Waals surface area contributed by atoms with Crippen LogP contribution in [0.15, 0.2) is 30.3 Å². The minimum atomic E-state index is 0.145. The van der Waals surface area contributed by atoms with Crippen LogP contribution in [-0.2, 0) is 12.8 Å². The Morgan fingerprint density at radius 1 is 1.27 bits per heavy atom. The Morgan fingerprint density at radius 3 is 2.64 bits per heavy atom. The molecule has 0 aliphatic carbocycles. The average Bonchev–Trinajstić information content (AvgIpc) is 3.03. The summed E-state index contributed by atoms with van der Waals surface area (Å²) in [5.41, 5.74) is 0.781. The minimum Gasteiger partial charge on any atom is -0.339 e. The van der Waals surface area contributed by atoms with Gasteiger partial charge in [-0.3, -0.25) is 9.89 Å². The molecule has 2 aromatic rings. The van der Waals surface area contributed by atoms with E-state index in [-0.39, 0.29) is 5.91 Å². The van der Waals surface area contributed by atoms with E-state index in [4.69, 9.17) is 0 Å². The molecular weight excluding hydrogens is 276 g/mol. The third-order valence-electron chi connectivity index (χ3n) is 4.30. The van der Waals surface area contributed by atoms with E-state index in [1.807, 2.05) is 35.2 Å². The maximum atomic E-state index is 12.4. The quantitative estimate of drug-likeness (QED) is 0.943. The van der Waals surface area contributed by atoms with Crippen molar-refractivity contribution in [3.8, 4) is 0 Å². The van der Waals surface area contributed by atoms with Crippen LogP contribution in [0.25, 0.3) is 0 Å². The number of benzene rings is 1. The molecule has 5 heteroatoms. The number of H-pyrrole nitrogens is 1. The molecule has 1 saturated heterocycles. The minimum absolute atomic E-state index is 0.145. The zero-order valence-electron chi connectivity index (χ0n) is 13.0. The van der Waals surface area contributed by atoms with Gasteiger partial charge in [0.15, 0.2) is 0 Å². The lowest BCUT2D eigenvalue weighted by molar-refractivity contribution is 0.0690. The fourth-order valence-electron chi connectivity index (χ4n) is 2.96. The lowest BCUT2D eigenvalue weighted by Gasteiger charge is -2.31. The Bertz CT molecular complexity index is 615. The number of hydrogen-bond acceptors (Lipinski definition) is 3. The molecule has 0 unspecified atom stereocenters. The molecule has 22 heavy (non-hydrogen) atoms. The number of aromatic nitrogens is 3. The summed E-state index contributed by atoms with van der Waals surface area (Å²) in [6, 6.07) is 9.53. The molecule has 5 nitrogen and oxygen atoms in total. The van der Waals surface area contributed by atoms with Crippen molar-refractivity contribution in [2.75, 3.05) is 13.1 Å². The van der Waals surface area contributed by atoms with Crippen molar-refractivity contribution in [2.45, 2.75) is 32.6 Å². The van der Waals surface area contributed by atoms with Crippen LogP contribution >= 0.6 is 0 Å². The highest BCUT2D eigenvalue weighted by atomic mass is 16.2. The molecule has 1 fully saturated rings. The second kappa shape index (κ2) is 6.73. The van der Waals surface area contributed by atoms with Gasteiger partial charge in [0, 0.05) is 31.5 Å². The number of rotatable bonds is 4. The Balaban J connectivity index is 1.53. The summed E-state index contributed by atoms with van der Waals surface area (Å²) in [4.78, 5) is 18.8. The molecule has 1 aromatic carbocycles. The second-order valence-corrected chi connectivity index (χ2v) is 5.86. The molecule has 0 spiro atoms. The van der Waals surface area contributed by atoms with Crippen LogP contribution < -0.4 is 0 Å². The van der Waals surface area contributed by atoms with Gasteiger partial charge in [-0.1, -0.05) is 25.1 Å². The second-order valence-electron chi connectivity index (χ2n) is 5.86. The zero-order valence-corrected chi connectivity index (χ0v) is 13.0. The molecule has 1 aliphatic heterocycles. The van der Waals surface area contributed by atoms with Crippen LogP contribution in [0.5, 0.6) is 0 Å². The summed E-state index contributed by atoms with van der Waals surface area (Å²) >= 11 is 0. The molecule has 2 heterocycles. The predicted molar refractivity (Wildman–Crippen MR) is 84.5 cm³/mol. The van der Waals surface area contributed by atoms with Crippen molar-refractivity contribution in [1.29, 1.82) is 0 Å². The highest BCUT2D eigenvalue weighted by molar-refractivity contribution is 5.94. The SMILES string of the molecule is CCc1n[nH]c(CC2CCN(C(=O)c3ccccc3)CC2)n1. The molecule has 0 atom stereocenters. The molecule has 1 aromatic heterocycles. The van der Waals surface area contributed by atoms with E-state index in [2.05, 4.69) is 22.1 Å². The van der Waals surface area contributed by atoms with E-state index >= 15 is 0 Å². The van der Waals surface area contributed by atoms with Gasteiger partial charge in [-0.2, -0.15) is 5.10 Å². The number of amides is 1. The first-order valence-electron chi connectivity index (χ1n) is 8.00. The standard InChI is InChI=1S/C17H22N4O/c1-2-15-18-16(20-19-15)12-13-8-10-21(11-9-13)17(22)14-6-4-3-5-7-14/h3-7,13H,2,8-12H2,1H3,(H,18,19,20). The van der Waals surface area contributed by atoms with Gasteiger partial charge < -0.3 is 4.90 Å². The first-order valence-corrected chi connectivity index (χ1v) is 8.00. The number of carbonyl (C=O) groups excluding carboxylic acids is 1. The number of likely N-dealkylation sites (tertiary alicyclic amines) is 1. The highest BCUT2D eigenvalue weighted by Crippen LogP contribution is 2.21. The molecule has 116 valence electrons. The number of carbonyl (C=O) groups is 1. The summed E-state index contributed by atoms with van der Waals surface area (Å²) in [5, 5.41) is 7.20. The molecule has 1 aliphatic rings. The van der Waals surface area contributed by atoms with Crippen LogP contribution in [0.1, 0.15) is 41.8 Å². The fourth-order valence-corrected chi connectivity index (χ4v) is 2.96. The van der Waals surface area contributed by atoms with Crippen LogP contribution in [0.2, 0.25) is 0 Å². The smallest absolute Gasteiger partial charge is 0.253 e. The van der Waals surface area contributed by atoms with E-state index in [0.717, 1.165) is 56.0 Å². The van der Waals surface area contributed by atoms with Gasteiger partial charge in [0.2, 0.25) is 0 Å². The number of hydrogen-bond donors (Lipinski definition) is 1. The van der Waals surface area contributed by atoms with Crippen LogP contribution in [-0.4, -0.2) is 39.1 Å². The average molecular weight is 298 g/mol. The summed E-state index contributed by atoms with van der Waals surface area (Å²) in [7, 11) is 0. The van der Waals surface area contributed by atoms with Gasteiger partial charge in [-0.25, -0.2) is 4.98 Å². The van der Waals surface area contributed by atoms with Crippen molar-refractivity contribution >= 4 is 5.91 Å². The van der Waals surface area contributed by atoms with E-state index in [1.165, 1.54) is 0 Å². The summed E-state index contributed by atoms with van der Waals surface area (Å²) < 4.78 is 0. The molecule has 1 amide bonds. The van der Waals surface area contributed by atoms with E-state index < -0.39 is 0 Å². The molecule has 3 rings (SSSR count). The molecule has 0 radical (unpaired) electrons. The van der Waals surface area contributed by atoms with Crippen molar-refractivity contribution in [3.63, 3.8) is 0 Å². The summed E-state index contributed by atoms with van der Waals surface area (Å²) in [6.07, 6.45) is 3.85. The van der Waals surface area contributed by atoms with Crippen molar-refractivity contribution in [3.05, 3.63) is 47.5 Å². The zero-order chi connectivity index (χ0) is 15.4. The number of nitrogens with zero attached hydrogens (tertiary/aromatic N) is 3. The van der Waals surface area contributed by atoms with Gasteiger partial charge in [0.05, 0.1) is 0 Å². The van der Waals surface area contributed by atoms with Crippen LogP contribution in [0, 0.1) is 5.92 Å². The molecule has 0 saturated carbocycles. The third kappa shape index (κ3) is 3.35. The van der Waals surface area contributed by atoms with Crippen molar-refractivity contribution in [2.24, 2.45) is 5.92 Å². The maximum absolute atomic E-state index is 12.4. The number of aromatic amines is 1. The first kappa shape index (κ1) is 14.8. The number of aryl methyl sites for hydroxylation is 1. The Kier molecular flexibility index (Phi) is 4.51. The predicted octanol–water partition coefficient (Wildman–Crippen LogP) is 2.46. The Labute approximate surface area is 130 Å². The first-order chi connectivity index (χ1) is 10.8. The molecular formula is C17H22N4O.